The number of nitrogens with zero attached hydrogens (tertiary/aromatic N) is 1. The van der Waals surface area contributed by atoms with E-state index in [4.69, 9.17) is 21.1 Å². The van der Waals surface area contributed by atoms with Crippen LogP contribution in [0.4, 0.5) is 10.5 Å². The summed E-state index contributed by atoms with van der Waals surface area (Å²) < 4.78 is 12.2. The summed E-state index contributed by atoms with van der Waals surface area (Å²) in [5, 5.41) is 2.44. The number of anilines is 1. The Kier molecular flexibility index (Phi) is 7.23. The average molecular weight is 556 g/mol. The van der Waals surface area contributed by atoms with Crippen LogP contribution in [0.25, 0.3) is 6.08 Å². The maximum Gasteiger partial charge on any atom is 0.335 e. The van der Waals surface area contributed by atoms with Gasteiger partial charge in [-0.1, -0.05) is 51.8 Å². The molecule has 0 bridgehead atoms. The van der Waals surface area contributed by atoms with Crippen molar-refractivity contribution in [2.75, 3.05) is 12.0 Å². The third-order valence-electron chi connectivity index (χ3n) is 5.38. The van der Waals surface area contributed by atoms with Crippen LogP contribution >= 0.6 is 27.5 Å². The number of aryl methyl sites for hydroxylation is 1. The Morgan fingerprint density at radius 2 is 1.77 bits per heavy atom. The van der Waals surface area contributed by atoms with Crippen molar-refractivity contribution in [2.24, 2.45) is 0 Å². The molecule has 1 aliphatic rings. The van der Waals surface area contributed by atoms with Crippen LogP contribution in [-0.4, -0.2) is 25.0 Å². The topological polar surface area (TPSA) is 84.9 Å². The summed E-state index contributed by atoms with van der Waals surface area (Å²) in [5.74, 6) is -0.882. The summed E-state index contributed by atoms with van der Waals surface area (Å²) in [7, 11) is 1.47. The number of barbiturate groups is 1. The number of carbonyl (C=O) groups excluding carboxylic acids is 3. The minimum atomic E-state index is -0.824. The summed E-state index contributed by atoms with van der Waals surface area (Å²) in [6.45, 7) is 2.27. The number of imide groups is 2. The maximum absolute atomic E-state index is 13.1. The largest absolute Gasteiger partial charge is 0.493 e. The second kappa shape index (κ2) is 10.3. The van der Waals surface area contributed by atoms with E-state index in [1.807, 2.05) is 31.2 Å². The number of benzene rings is 3. The molecule has 7 nitrogen and oxygen atoms in total. The molecule has 0 radical (unpaired) electrons. The van der Waals surface area contributed by atoms with Crippen LogP contribution in [0.15, 0.2) is 70.7 Å². The molecule has 0 unspecified atom stereocenters. The second-order valence-corrected chi connectivity index (χ2v) is 9.01. The van der Waals surface area contributed by atoms with Gasteiger partial charge in [-0.05, 0) is 66.1 Å². The second-order valence-electron chi connectivity index (χ2n) is 7.68. The number of hydrogen-bond donors (Lipinski definition) is 1. The number of rotatable bonds is 6. The number of nitrogens with one attached hydrogen (secondary N) is 1. The van der Waals surface area contributed by atoms with Gasteiger partial charge in [0, 0.05) is 4.47 Å². The van der Waals surface area contributed by atoms with Gasteiger partial charge >= 0.3 is 6.03 Å². The lowest BCUT2D eigenvalue weighted by molar-refractivity contribution is -0.122. The molecule has 35 heavy (non-hydrogen) atoms. The first kappa shape index (κ1) is 24.5. The Balaban J connectivity index is 1.64. The predicted molar refractivity (Wildman–Crippen MR) is 137 cm³/mol. The number of amides is 4. The van der Waals surface area contributed by atoms with Crippen molar-refractivity contribution < 1.29 is 23.9 Å². The predicted octanol–water partition coefficient (Wildman–Crippen LogP) is 5.66. The van der Waals surface area contributed by atoms with E-state index in [2.05, 4.69) is 21.2 Å². The standard InChI is InChI=1S/C26H20BrClN2O5/c1-15-5-3-4-6-17(15)14-35-23-21(28)12-16(13-22(23)34-2)11-20-24(31)29-26(33)30(25(20)32)19-9-7-18(27)8-10-19/h3-13H,14H2,1-2H3,(H,29,31,33). The summed E-state index contributed by atoms with van der Waals surface area (Å²) in [5.41, 5.74) is 2.61. The quantitative estimate of drug-likeness (QED) is 0.313. The molecule has 1 N–H and O–H groups in total. The molecule has 1 heterocycles. The van der Waals surface area contributed by atoms with Crippen molar-refractivity contribution in [2.45, 2.75) is 13.5 Å². The van der Waals surface area contributed by atoms with Crippen molar-refractivity contribution in [1.29, 1.82) is 0 Å². The van der Waals surface area contributed by atoms with Gasteiger partial charge in [0.25, 0.3) is 11.8 Å². The number of halogens is 2. The highest BCUT2D eigenvalue weighted by atomic mass is 79.9. The number of ether oxygens (including phenoxy) is 2. The summed E-state index contributed by atoms with van der Waals surface area (Å²) >= 11 is 9.80. The van der Waals surface area contributed by atoms with Gasteiger partial charge in [0.05, 0.1) is 17.8 Å². The van der Waals surface area contributed by atoms with Crippen LogP contribution in [0, 0.1) is 6.92 Å². The van der Waals surface area contributed by atoms with E-state index in [0.29, 0.717) is 22.7 Å². The summed E-state index contributed by atoms with van der Waals surface area (Å²) in [4.78, 5) is 38.9. The normalized spacial score (nSPS) is 14.8. The highest BCUT2D eigenvalue weighted by molar-refractivity contribution is 9.10. The van der Waals surface area contributed by atoms with Gasteiger partial charge in [-0.2, -0.15) is 0 Å². The Bertz CT molecular complexity index is 1350. The SMILES string of the molecule is COc1cc(C=C2C(=O)NC(=O)N(c3ccc(Br)cc3)C2=O)cc(Cl)c1OCc1ccccc1C. The van der Waals surface area contributed by atoms with Crippen LogP contribution in [0.3, 0.4) is 0 Å². The van der Waals surface area contributed by atoms with E-state index in [1.54, 1.807) is 36.4 Å². The van der Waals surface area contributed by atoms with Crippen LogP contribution in [-0.2, 0) is 16.2 Å². The number of urea groups is 1. The average Bonchev–Trinajstić information content (AvgIpc) is 2.83. The Morgan fingerprint density at radius 3 is 2.46 bits per heavy atom. The third-order valence-corrected chi connectivity index (χ3v) is 6.19. The number of hydrogen-bond acceptors (Lipinski definition) is 5. The van der Waals surface area contributed by atoms with Crippen LogP contribution in [0.2, 0.25) is 5.02 Å². The third kappa shape index (κ3) is 5.23. The first-order chi connectivity index (χ1) is 16.8. The smallest absolute Gasteiger partial charge is 0.335 e. The van der Waals surface area contributed by atoms with Crippen molar-refractivity contribution in [3.63, 3.8) is 0 Å². The van der Waals surface area contributed by atoms with Crippen LogP contribution in [0.5, 0.6) is 11.5 Å². The lowest BCUT2D eigenvalue weighted by Crippen LogP contribution is -2.54. The molecule has 178 valence electrons. The van der Waals surface area contributed by atoms with Crippen LogP contribution in [0.1, 0.15) is 16.7 Å². The van der Waals surface area contributed by atoms with Crippen LogP contribution < -0.4 is 19.7 Å². The molecule has 0 aromatic heterocycles. The molecule has 4 amide bonds. The minimum Gasteiger partial charge on any atom is -0.493 e. The van der Waals surface area contributed by atoms with Gasteiger partial charge in [0.15, 0.2) is 11.5 Å². The first-order valence-electron chi connectivity index (χ1n) is 10.5. The highest BCUT2D eigenvalue weighted by Gasteiger charge is 2.36. The van der Waals surface area contributed by atoms with Gasteiger partial charge in [-0.15, -0.1) is 0 Å². The number of carbonyl (C=O) groups is 3. The Labute approximate surface area is 215 Å². The molecule has 9 heteroatoms. The summed E-state index contributed by atoms with van der Waals surface area (Å²) in [6.07, 6.45) is 1.36. The van der Waals surface area contributed by atoms with Crippen molar-refractivity contribution in [3.05, 3.63) is 92.4 Å². The Morgan fingerprint density at radius 1 is 1.06 bits per heavy atom. The molecule has 1 fully saturated rings. The molecule has 3 aromatic rings. The zero-order chi connectivity index (χ0) is 25.1. The molecular formula is C26H20BrClN2O5. The van der Waals surface area contributed by atoms with Crippen molar-refractivity contribution >= 4 is 57.1 Å². The maximum atomic E-state index is 13.1. The van der Waals surface area contributed by atoms with Gasteiger partial charge in [-0.3, -0.25) is 14.9 Å². The molecular weight excluding hydrogens is 536 g/mol. The van der Waals surface area contributed by atoms with Crippen molar-refractivity contribution in [1.82, 2.24) is 5.32 Å². The zero-order valence-corrected chi connectivity index (χ0v) is 21.1. The van der Waals surface area contributed by atoms with E-state index < -0.39 is 17.8 Å². The molecule has 4 rings (SSSR count). The molecule has 0 aliphatic carbocycles. The summed E-state index contributed by atoms with van der Waals surface area (Å²) in [6, 6.07) is 16.7. The lowest BCUT2D eigenvalue weighted by atomic mass is 10.1. The van der Waals surface area contributed by atoms with Crippen molar-refractivity contribution in [3.8, 4) is 11.5 Å². The molecule has 0 spiro atoms. The molecule has 1 aliphatic heterocycles. The lowest BCUT2D eigenvalue weighted by Gasteiger charge is -2.26. The fraction of sp³-hybridized carbons (Fsp3) is 0.115. The molecule has 3 aromatic carbocycles. The monoisotopic (exact) mass is 554 g/mol. The van der Waals surface area contributed by atoms with E-state index >= 15 is 0 Å². The van der Waals surface area contributed by atoms with E-state index in [9.17, 15) is 14.4 Å². The van der Waals surface area contributed by atoms with E-state index in [1.165, 1.54) is 13.2 Å². The molecule has 0 atom stereocenters. The van der Waals surface area contributed by atoms with E-state index in [0.717, 1.165) is 20.5 Å². The van der Waals surface area contributed by atoms with Gasteiger partial charge in [-0.25, -0.2) is 9.69 Å². The van der Waals surface area contributed by atoms with Gasteiger partial charge in [0.2, 0.25) is 0 Å². The zero-order valence-electron chi connectivity index (χ0n) is 18.8. The fourth-order valence-corrected chi connectivity index (χ4v) is 4.07. The van der Waals surface area contributed by atoms with Gasteiger partial charge < -0.3 is 9.47 Å². The Hall–Kier alpha value is -3.62. The minimum absolute atomic E-state index is 0.223. The first-order valence-corrected chi connectivity index (χ1v) is 11.7. The highest BCUT2D eigenvalue weighted by Crippen LogP contribution is 2.38. The number of methoxy groups -OCH3 is 1. The molecule has 1 saturated heterocycles. The van der Waals surface area contributed by atoms with Gasteiger partial charge in [0.1, 0.15) is 12.2 Å². The fourth-order valence-electron chi connectivity index (χ4n) is 3.53. The molecule has 0 saturated carbocycles. The van der Waals surface area contributed by atoms with E-state index in [-0.39, 0.29) is 17.2 Å².